The third-order valence-electron chi connectivity index (χ3n) is 5.67. The van der Waals surface area contributed by atoms with E-state index in [-0.39, 0.29) is 17.9 Å². The van der Waals surface area contributed by atoms with Gasteiger partial charge >= 0.3 is 0 Å². The number of carbonyl (C=O) groups is 1. The predicted octanol–water partition coefficient (Wildman–Crippen LogP) is 2.57. The van der Waals surface area contributed by atoms with E-state index in [0.717, 1.165) is 44.6 Å². The molecule has 1 aliphatic carbocycles. The SMILES string of the molecule is CCNC(=NCC(CC)(CC)CCO)NCCC(=O)NC1CCCCC1. The molecule has 0 saturated heterocycles. The summed E-state index contributed by atoms with van der Waals surface area (Å²) >= 11 is 0. The zero-order valence-corrected chi connectivity index (χ0v) is 17.1. The molecule has 0 aromatic carbocycles. The first-order valence-corrected chi connectivity index (χ1v) is 10.5. The molecule has 0 unspecified atom stereocenters. The third-order valence-corrected chi connectivity index (χ3v) is 5.67. The van der Waals surface area contributed by atoms with Gasteiger partial charge in [-0.3, -0.25) is 9.79 Å². The molecule has 6 heteroatoms. The molecule has 0 atom stereocenters. The van der Waals surface area contributed by atoms with E-state index >= 15 is 0 Å². The maximum Gasteiger partial charge on any atom is 0.221 e. The van der Waals surface area contributed by atoms with Crippen molar-refractivity contribution < 1.29 is 9.90 Å². The average molecular weight is 369 g/mol. The summed E-state index contributed by atoms with van der Waals surface area (Å²) in [6.45, 7) is 8.59. The Balaban J connectivity index is 2.44. The highest BCUT2D eigenvalue weighted by Gasteiger charge is 2.25. The second-order valence-electron chi connectivity index (χ2n) is 7.46. The summed E-state index contributed by atoms with van der Waals surface area (Å²) in [5.41, 5.74) is 0.0511. The van der Waals surface area contributed by atoms with Crippen LogP contribution in [0.3, 0.4) is 0 Å². The largest absolute Gasteiger partial charge is 0.396 e. The van der Waals surface area contributed by atoms with Crippen LogP contribution in [0, 0.1) is 5.41 Å². The smallest absolute Gasteiger partial charge is 0.221 e. The van der Waals surface area contributed by atoms with E-state index < -0.39 is 0 Å². The Bertz CT molecular complexity index is 416. The molecular weight excluding hydrogens is 328 g/mol. The molecule has 4 N–H and O–H groups in total. The Labute approximate surface area is 159 Å². The van der Waals surface area contributed by atoms with Crippen molar-refractivity contribution in [3.63, 3.8) is 0 Å². The molecule has 26 heavy (non-hydrogen) atoms. The van der Waals surface area contributed by atoms with E-state index in [2.05, 4.69) is 29.8 Å². The fourth-order valence-electron chi connectivity index (χ4n) is 3.57. The van der Waals surface area contributed by atoms with Crippen molar-refractivity contribution >= 4 is 11.9 Å². The van der Waals surface area contributed by atoms with Crippen molar-refractivity contribution in [2.75, 3.05) is 26.2 Å². The van der Waals surface area contributed by atoms with E-state index in [4.69, 9.17) is 4.99 Å². The van der Waals surface area contributed by atoms with E-state index in [9.17, 15) is 9.90 Å². The lowest BCUT2D eigenvalue weighted by Crippen LogP contribution is -2.42. The Morgan fingerprint density at radius 2 is 1.81 bits per heavy atom. The highest BCUT2D eigenvalue weighted by atomic mass is 16.3. The zero-order valence-electron chi connectivity index (χ0n) is 17.1. The van der Waals surface area contributed by atoms with Gasteiger partial charge in [0.1, 0.15) is 0 Å². The summed E-state index contributed by atoms with van der Waals surface area (Å²) < 4.78 is 0. The topological polar surface area (TPSA) is 85.8 Å². The maximum absolute atomic E-state index is 12.1. The van der Waals surface area contributed by atoms with Gasteiger partial charge in [0.2, 0.25) is 5.91 Å². The zero-order chi connectivity index (χ0) is 19.3. The van der Waals surface area contributed by atoms with Crippen LogP contribution < -0.4 is 16.0 Å². The van der Waals surface area contributed by atoms with Crippen molar-refractivity contribution in [1.82, 2.24) is 16.0 Å². The first-order valence-electron chi connectivity index (χ1n) is 10.5. The number of aliphatic hydroxyl groups is 1. The molecule has 1 amide bonds. The van der Waals surface area contributed by atoms with Gasteiger partial charge in [-0.2, -0.15) is 0 Å². The molecular formula is C20H40N4O2. The number of nitrogens with one attached hydrogen (secondary N) is 3. The van der Waals surface area contributed by atoms with Crippen LogP contribution in [-0.2, 0) is 4.79 Å². The summed E-state index contributed by atoms with van der Waals surface area (Å²) in [5.74, 6) is 0.874. The van der Waals surface area contributed by atoms with E-state index in [0.29, 0.717) is 25.6 Å². The molecule has 1 aliphatic rings. The monoisotopic (exact) mass is 368 g/mol. The van der Waals surface area contributed by atoms with Crippen molar-refractivity contribution in [2.24, 2.45) is 10.4 Å². The quantitative estimate of drug-likeness (QED) is 0.333. The van der Waals surface area contributed by atoms with Gasteiger partial charge in [-0.1, -0.05) is 33.1 Å². The Morgan fingerprint density at radius 3 is 2.38 bits per heavy atom. The first-order chi connectivity index (χ1) is 12.6. The lowest BCUT2D eigenvalue weighted by Gasteiger charge is -2.29. The second kappa shape index (κ2) is 13.0. The highest BCUT2D eigenvalue weighted by molar-refractivity contribution is 5.81. The normalized spacial score (nSPS) is 16.4. The molecule has 0 aromatic heterocycles. The van der Waals surface area contributed by atoms with Gasteiger partial charge in [0, 0.05) is 38.7 Å². The number of rotatable bonds is 11. The molecule has 1 fully saturated rings. The number of aliphatic imine (C=N–C) groups is 1. The molecule has 1 rings (SSSR count). The molecule has 0 aliphatic heterocycles. The van der Waals surface area contributed by atoms with Crippen molar-refractivity contribution in [2.45, 2.75) is 84.6 Å². The van der Waals surface area contributed by atoms with Crippen LogP contribution in [0.2, 0.25) is 0 Å². The van der Waals surface area contributed by atoms with Gasteiger partial charge in [-0.25, -0.2) is 0 Å². The minimum absolute atomic E-state index is 0.0511. The predicted molar refractivity (Wildman–Crippen MR) is 108 cm³/mol. The minimum Gasteiger partial charge on any atom is -0.396 e. The summed E-state index contributed by atoms with van der Waals surface area (Å²) in [4.78, 5) is 16.8. The fraction of sp³-hybridized carbons (Fsp3) is 0.900. The molecule has 0 radical (unpaired) electrons. The fourth-order valence-corrected chi connectivity index (χ4v) is 3.57. The van der Waals surface area contributed by atoms with Crippen LogP contribution in [0.15, 0.2) is 4.99 Å². The van der Waals surface area contributed by atoms with Crippen LogP contribution in [0.25, 0.3) is 0 Å². The third kappa shape index (κ3) is 8.39. The van der Waals surface area contributed by atoms with Crippen LogP contribution in [0.1, 0.15) is 78.6 Å². The Morgan fingerprint density at radius 1 is 1.12 bits per heavy atom. The van der Waals surface area contributed by atoms with Gasteiger partial charge in [0.05, 0.1) is 0 Å². The Kier molecular flexibility index (Phi) is 11.3. The average Bonchev–Trinajstić information content (AvgIpc) is 2.66. The molecule has 0 heterocycles. The summed E-state index contributed by atoms with van der Waals surface area (Å²) in [7, 11) is 0. The minimum atomic E-state index is 0.0511. The summed E-state index contributed by atoms with van der Waals surface area (Å²) in [5, 5.41) is 19.0. The molecule has 6 nitrogen and oxygen atoms in total. The number of aliphatic hydroxyl groups excluding tert-OH is 1. The van der Waals surface area contributed by atoms with Crippen LogP contribution in [-0.4, -0.2) is 49.3 Å². The second-order valence-corrected chi connectivity index (χ2v) is 7.46. The lowest BCUT2D eigenvalue weighted by atomic mass is 9.79. The number of amides is 1. The molecule has 0 spiro atoms. The van der Waals surface area contributed by atoms with Gasteiger partial charge in [0.25, 0.3) is 0 Å². The molecule has 152 valence electrons. The van der Waals surface area contributed by atoms with E-state index in [1.165, 1.54) is 19.3 Å². The first kappa shape index (κ1) is 22.7. The molecule has 0 bridgehead atoms. The van der Waals surface area contributed by atoms with Crippen LogP contribution >= 0.6 is 0 Å². The van der Waals surface area contributed by atoms with Gasteiger partial charge < -0.3 is 21.1 Å². The number of guanidine groups is 1. The summed E-state index contributed by atoms with van der Waals surface area (Å²) in [6, 6.07) is 0.367. The number of hydrogen-bond donors (Lipinski definition) is 4. The number of nitrogens with zero attached hydrogens (tertiary/aromatic N) is 1. The number of hydrogen-bond acceptors (Lipinski definition) is 3. The van der Waals surface area contributed by atoms with E-state index in [1.54, 1.807) is 0 Å². The van der Waals surface area contributed by atoms with Crippen LogP contribution in [0.5, 0.6) is 0 Å². The van der Waals surface area contributed by atoms with Crippen molar-refractivity contribution in [3.8, 4) is 0 Å². The van der Waals surface area contributed by atoms with E-state index in [1.807, 2.05) is 6.92 Å². The van der Waals surface area contributed by atoms with Gasteiger partial charge in [-0.05, 0) is 44.4 Å². The standard InChI is InChI=1S/C20H40N4O2/c1-4-20(5-2,13-15-25)16-23-19(21-6-3)22-14-12-18(26)24-17-10-8-7-9-11-17/h17,25H,4-16H2,1-3H3,(H,24,26)(H2,21,22,23). The summed E-state index contributed by atoms with van der Waals surface area (Å²) in [6.07, 6.45) is 9.21. The number of carbonyl (C=O) groups excluding carboxylic acids is 1. The Hall–Kier alpha value is -1.30. The molecule has 1 saturated carbocycles. The molecule has 0 aromatic rings. The van der Waals surface area contributed by atoms with Crippen LogP contribution in [0.4, 0.5) is 0 Å². The van der Waals surface area contributed by atoms with Crippen molar-refractivity contribution in [1.29, 1.82) is 0 Å². The highest BCUT2D eigenvalue weighted by Crippen LogP contribution is 2.30. The lowest BCUT2D eigenvalue weighted by molar-refractivity contribution is -0.121. The van der Waals surface area contributed by atoms with Gasteiger partial charge in [0.15, 0.2) is 5.96 Å². The maximum atomic E-state index is 12.1. The van der Waals surface area contributed by atoms with Gasteiger partial charge in [-0.15, -0.1) is 0 Å². The van der Waals surface area contributed by atoms with Crippen molar-refractivity contribution in [3.05, 3.63) is 0 Å².